The number of furan rings is 1. The van der Waals surface area contributed by atoms with Crippen LogP contribution in [0.25, 0.3) is 11.0 Å². The summed E-state index contributed by atoms with van der Waals surface area (Å²) in [5, 5.41) is 3.42. The van der Waals surface area contributed by atoms with Gasteiger partial charge in [0.1, 0.15) is 5.58 Å². The Morgan fingerprint density at radius 2 is 1.79 bits per heavy atom. The van der Waals surface area contributed by atoms with Crippen molar-refractivity contribution in [1.29, 1.82) is 0 Å². The third-order valence-corrected chi connectivity index (χ3v) is 7.77. The number of ether oxygens (including phenoxy) is 2. The van der Waals surface area contributed by atoms with Crippen molar-refractivity contribution in [3.63, 3.8) is 0 Å². The first-order valence-electron chi connectivity index (χ1n) is 10.9. The SMILES string of the molecule is Cc1ccc(NC(=O)[C@@H](C)OC(=O)c2oc3ccccc3c2C)cc1S(=O)(=O)N1CCOCC1. The lowest BCUT2D eigenvalue weighted by atomic mass is 10.1. The maximum Gasteiger partial charge on any atom is 0.375 e. The smallest absolute Gasteiger partial charge is 0.375 e. The Hall–Kier alpha value is -3.21. The highest BCUT2D eigenvalue weighted by molar-refractivity contribution is 7.89. The summed E-state index contributed by atoms with van der Waals surface area (Å²) in [6, 6.07) is 11.9. The van der Waals surface area contributed by atoms with E-state index in [1.54, 1.807) is 38.1 Å². The minimum atomic E-state index is -3.74. The van der Waals surface area contributed by atoms with Crippen LogP contribution in [-0.4, -0.2) is 57.0 Å². The predicted octanol–water partition coefficient (Wildman–Crippen LogP) is 3.25. The summed E-state index contributed by atoms with van der Waals surface area (Å²) in [4.78, 5) is 25.4. The number of fused-ring (bicyclic) bond motifs is 1. The molecule has 2 heterocycles. The molecule has 1 aliphatic heterocycles. The van der Waals surface area contributed by atoms with E-state index in [-0.39, 0.29) is 29.4 Å². The summed E-state index contributed by atoms with van der Waals surface area (Å²) < 4.78 is 43.6. The number of nitrogens with zero attached hydrogens (tertiary/aromatic N) is 1. The molecule has 1 fully saturated rings. The summed E-state index contributed by atoms with van der Waals surface area (Å²) in [6.45, 7) is 6.09. The summed E-state index contributed by atoms with van der Waals surface area (Å²) in [5.74, 6) is -1.31. The van der Waals surface area contributed by atoms with Gasteiger partial charge in [-0.1, -0.05) is 24.3 Å². The van der Waals surface area contributed by atoms with Crippen molar-refractivity contribution >= 4 is 38.6 Å². The number of anilines is 1. The van der Waals surface area contributed by atoms with Gasteiger partial charge < -0.3 is 19.2 Å². The molecule has 1 saturated heterocycles. The molecule has 1 aliphatic rings. The van der Waals surface area contributed by atoms with Crippen LogP contribution in [0.15, 0.2) is 51.8 Å². The third kappa shape index (κ3) is 4.70. The average Bonchev–Trinajstić information content (AvgIpc) is 3.17. The number of carbonyl (C=O) groups is 2. The minimum absolute atomic E-state index is 0.0371. The Morgan fingerprint density at radius 3 is 2.50 bits per heavy atom. The van der Waals surface area contributed by atoms with Crippen molar-refractivity contribution < 1.29 is 31.9 Å². The number of rotatable bonds is 6. The number of esters is 1. The molecular formula is C24H26N2O7S. The first-order chi connectivity index (χ1) is 16.2. The van der Waals surface area contributed by atoms with E-state index < -0.39 is 28.0 Å². The summed E-state index contributed by atoms with van der Waals surface area (Å²) >= 11 is 0. The predicted molar refractivity (Wildman–Crippen MR) is 125 cm³/mol. The van der Waals surface area contributed by atoms with E-state index in [1.165, 1.54) is 17.3 Å². The van der Waals surface area contributed by atoms with Crippen LogP contribution in [0.1, 0.15) is 28.6 Å². The zero-order chi connectivity index (χ0) is 24.5. The van der Waals surface area contributed by atoms with Gasteiger partial charge in [-0.15, -0.1) is 0 Å². The highest BCUT2D eigenvalue weighted by Crippen LogP contribution is 2.27. The largest absolute Gasteiger partial charge is 0.449 e. The monoisotopic (exact) mass is 486 g/mol. The molecule has 4 rings (SSSR count). The Balaban J connectivity index is 1.47. The molecule has 180 valence electrons. The van der Waals surface area contributed by atoms with Gasteiger partial charge in [0, 0.05) is 29.7 Å². The molecule has 34 heavy (non-hydrogen) atoms. The molecule has 0 saturated carbocycles. The van der Waals surface area contributed by atoms with Crippen LogP contribution < -0.4 is 5.32 Å². The van der Waals surface area contributed by atoms with Crippen molar-refractivity contribution in [1.82, 2.24) is 4.31 Å². The number of para-hydroxylation sites is 1. The van der Waals surface area contributed by atoms with Crippen LogP contribution in [0.5, 0.6) is 0 Å². The van der Waals surface area contributed by atoms with E-state index >= 15 is 0 Å². The maximum atomic E-state index is 13.1. The fraction of sp³-hybridized carbons (Fsp3) is 0.333. The maximum absolute atomic E-state index is 13.1. The number of amides is 1. The molecule has 0 radical (unpaired) electrons. The number of carbonyl (C=O) groups excluding carboxylic acids is 2. The molecule has 1 aromatic heterocycles. The molecule has 3 aromatic rings. The molecule has 2 aromatic carbocycles. The molecule has 0 spiro atoms. The van der Waals surface area contributed by atoms with Gasteiger partial charge in [-0.2, -0.15) is 4.31 Å². The molecule has 1 amide bonds. The van der Waals surface area contributed by atoms with Gasteiger partial charge in [-0.05, 0) is 44.5 Å². The third-order valence-electron chi connectivity index (χ3n) is 5.73. The van der Waals surface area contributed by atoms with Crippen molar-refractivity contribution in [3.05, 3.63) is 59.4 Å². The zero-order valence-corrected chi connectivity index (χ0v) is 20.0. The molecule has 0 unspecified atom stereocenters. The topological polar surface area (TPSA) is 115 Å². The number of hydrogen-bond donors (Lipinski definition) is 1. The Bertz CT molecular complexity index is 1340. The summed E-state index contributed by atoms with van der Waals surface area (Å²) in [5.41, 5.74) is 2.02. The molecular weight excluding hydrogens is 460 g/mol. The van der Waals surface area contributed by atoms with Gasteiger partial charge in [-0.3, -0.25) is 4.79 Å². The van der Waals surface area contributed by atoms with Gasteiger partial charge in [-0.25, -0.2) is 13.2 Å². The van der Waals surface area contributed by atoms with Crippen molar-refractivity contribution in [3.8, 4) is 0 Å². The Morgan fingerprint density at radius 1 is 1.09 bits per heavy atom. The number of aryl methyl sites for hydroxylation is 2. The fourth-order valence-corrected chi connectivity index (χ4v) is 5.42. The molecule has 10 heteroatoms. The average molecular weight is 487 g/mol. The van der Waals surface area contributed by atoms with E-state index in [0.717, 1.165) is 5.39 Å². The van der Waals surface area contributed by atoms with Crippen LogP contribution in [0.3, 0.4) is 0 Å². The molecule has 9 nitrogen and oxygen atoms in total. The summed E-state index contributed by atoms with van der Waals surface area (Å²) in [7, 11) is -3.74. The van der Waals surface area contributed by atoms with Crippen LogP contribution >= 0.6 is 0 Å². The van der Waals surface area contributed by atoms with Gasteiger partial charge in [0.2, 0.25) is 15.8 Å². The van der Waals surface area contributed by atoms with E-state index in [4.69, 9.17) is 13.9 Å². The lowest BCUT2D eigenvalue weighted by Crippen LogP contribution is -2.40. The van der Waals surface area contributed by atoms with E-state index in [0.29, 0.717) is 29.9 Å². The lowest BCUT2D eigenvalue weighted by molar-refractivity contribution is -0.123. The van der Waals surface area contributed by atoms with Crippen LogP contribution in [-0.2, 0) is 24.3 Å². The second-order valence-electron chi connectivity index (χ2n) is 8.09. The fourth-order valence-electron chi connectivity index (χ4n) is 3.76. The molecule has 0 aliphatic carbocycles. The number of hydrogen-bond acceptors (Lipinski definition) is 7. The lowest BCUT2D eigenvalue weighted by Gasteiger charge is -2.27. The zero-order valence-electron chi connectivity index (χ0n) is 19.2. The Kier molecular flexibility index (Phi) is 6.74. The van der Waals surface area contributed by atoms with Crippen molar-refractivity contribution in [2.24, 2.45) is 0 Å². The van der Waals surface area contributed by atoms with Crippen molar-refractivity contribution in [2.45, 2.75) is 31.8 Å². The quantitative estimate of drug-likeness (QED) is 0.532. The van der Waals surface area contributed by atoms with Gasteiger partial charge >= 0.3 is 5.97 Å². The number of benzene rings is 2. The van der Waals surface area contributed by atoms with E-state index in [1.807, 2.05) is 12.1 Å². The van der Waals surface area contributed by atoms with E-state index in [2.05, 4.69) is 5.32 Å². The van der Waals surface area contributed by atoms with Gasteiger partial charge in [0.15, 0.2) is 6.10 Å². The minimum Gasteiger partial charge on any atom is -0.449 e. The molecule has 1 atom stereocenters. The Labute approximate surface area is 197 Å². The van der Waals surface area contributed by atoms with Crippen LogP contribution in [0.2, 0.25) is 0 Å². The highest BCUT2D eigenvalue weighted by atomic mass is 32.2. The number of morpholine rings is 1. The first-order valence-corrected chi connectivity index (χ1v) is 12.3. The second-order valence-corrected chi connectivity index (χ2v) is 9.99. The van der Waals surface area contributed by atoms with Gasteiger partial charge in [0.05, 0.1) is 18.1 Å². The number of nitrogens with one attached hydrogen (secondary N) is 1. The van der Waals surface area contributed by atoms with Crippen molar-refractivity contribution in [2.75, 3.05) is 31.6 Å². The second kappa shape index (κ2) is 9.57. The standard InChI is InChI=1S/C24H26N2O7S/c1-15-8-9-18(14-21(15)34(29,30)26-10-12-31-13-11-26)25-23(27)17(3)32-24(28)22-16(2)19-6-4-5-7-20(19)33-22/h4-9,14,17H,10-13H2,1-3H3,(H,25,27)/t17-/m1/s1. The number of sulfonamides is 1. The molecule has 0 bridgehead atoms. The van der Waals surface area contributed by atoms with Gasteiger partial charge in [0.25, 0.3) is 5.91 Å². The van der Waals surface area contributed by atoms with Crippen LogP contribution in [0.4, 0.5) is 5.69 Å². The molecule has 1 N–H and O–H groups in total. The van der Waals surface area contributed by atoms with Crippen LogP contribution in [0, 0.1) is 13.8 Å². The summed E-state index contributed by atoms with van der Waals surface area (Å²) in [6.07, 6.45) is -1.14. The first kappa shape index (κ1) is 23.9. The normalized spacial score (nSPS) is 15.7. The highest BCUT2D eigenvalue weighted by Gasteiger charge is 2.29. The van der Waals surface area contributed by atoms with E-state index in [9.17, 15) is 18.0 Å².